The van der Waals surface area contributed by atoms with Crippen molar-refractivity contribution in [3.63, 3.8) is 0 Å². The minimum absolute atomic E-state index is 0.221. The minimum Gasteiger partial charge on any atom is -0.508 e. The van der Waals surface area contributed by atoms with Crippen LogP contribution in [0.1, 0.15) is 31.0 Å². The molecule has 90 valence electrons. The van der Waals surface area contributed by atoms with Crippen molar-refractivity contribution in [1.82, 2.24) is 9.55 Å². The van der Waals surface area contributed by atoms with Gasteiger partial charge in [0.2, 0.25) is 0 Å². The number of hydrogen-bond donors (Lipinski definition) is 2. The van der Waals surface area contributed by atoms with Gasteiger partial charge in [-0.2, -0.15) is 0 Å². The van der Waals surface area contributed by atoms with Gasteiger partial charge in [-0.1, -0.05) is 6.42 Å². The van der Waals surface area contributed by atoms with Crippen LogP contribution in [0.3, 0.4) is 0 Å². The lowest BCUT2D eigenvalue weighted by atomic mass is 10.0. The third-order valence-corrected chi connectivity index (χ3v) is 3.80. The Morgan fingerprint density at radius 1 is 1.41 bits per heavy atom. The maximum atomic E-state index is 9.52. The van der Waals surface area contributed by atoms with Gasteiger partial charge in [-0.15, -0.1) is 0 Å². The van der Waals surface area contributed by atoms with E-state index in [-0.39, 0.29) is 11.8 Å². The molecule has 0 saturated heterocycles. The first-order chi connectivity index (χ1) is 8.16. The van der Waals surface area contributed by atoms with E-state index in [2.05, 4.69) is 9.55 Å². The second-order valence-electron chi connectivity index (χ2n) is 4.90. The van der Waals surface area contributed by atoms with E-state index in [4.69, 9.17) is 5.73 Å². The van der Waals surface area contributed by atoms with Crippen LogP contribution in [-0.2, 0) is 7.05 Å². The minimum atomic E-state index is 0.221. The van der Waals surface area contributed by atoms with Gasteiger partial charge >= 0.3 is 0 Å². The zero-order valence-electron chi connectivity index (χ0n) is 9.93. The number of imidazole rings is 1. The van der Waals surface area contributed by atoms with Gasteiger partial charge in [0.05, 0.1) is 11.0 Å². The van der Waals surface area contributed by atoms with Crippen LogP contribution >= 0.6 is 0 Å². The maximum Gasteiger partial charge on any atom is 0.117 e. The first-order valence-electron chi connectivity index (χ1n) is 6.08. The van der Waals surface area contributed by atoms with Gasteiger partial charge in [0.15, 0.2) is 0 Å². The van der Waals surface area contributed by atoms with Gasteiger partial charge < -0.3 is 15.4 Å². The highest BCUT2D eigenvalue weighted by Gasteiger charge is 2.29. The second-order valence-corrected chi connectivity index (χ2v) is 4.90. The SMILES string of the molecule is Cn1c(C2CCCC2N)nc2ccc(O)cc21. The standard InChI is InChI=1S/C13H17N3O/c1-16-12-7-8(17)5-6-11(12)15-13(16)9-3-2-4-10(9)14/h5-7,9-10,17H,2-4,14H2,1H3. The molecule has 2 atom stereocenters. The first kappa shape index (κ1) is 10.6. The van der Waals surface area contributed by atoms with E-state index in [0.29, 0.717) is 5.92 Å². The molecule has 1 aromatic carbocycles. The highest BCUT2D eigenvalue weighted by Crippen LogP contribution is 2.34. The van der Waals surface area contributed by atoms with Crippen LogP contribution < -0.4 is 5.73 Å². The summed E-state index contributed by atoms with van der Waals surface area (Å²) in [6.45, 7) is 0. The lowest BCUT2D eigenvalue weighted by molar-refractivity contribution is 0.476. The zero-order chi connectivity index (χ0) is 12.0. The fourth-order valence-corrected chi connectivity index (χ4v) is 2.84. The van der Waals surface area contributed by atoms with Crippen molar-refractivity contribution in [3.05, 3.63) is 24.0 Å². The summed E-state index contributed by atoms with van der Waals surface area (Å²) in [6, 6.07) is 5.51. The Bertz CT molecular complexity index is 561. The molecule has 0 radical (unpaired) electrons. The zero-order valence-corrected chi connectivity index (χ0v) is 9.93. The van der Waals surface area contributed by atoms with Gasteiger partial charge in [0.1, 0.15) is 11.6 Å². The number of rotatable bonds is 1. The Hall–Kier alpha value is -1.55. The molecule has 1 aromatic heterocycles. The fourth-order valence-electron chi connectivity index (χ4n) is 2.84. The van der Waals surface area contributed by atoms with E-state index in [1.54, 1.807) is 12.1 Å². The summed E-state index contributed by atoms with van der Waals surface area (Å²) in [5.41, 5.74) is 8.03. The third-order valence-electron chi connectivity index (χ3n) is 3.80. The summed E-state index contributed by atoms with van der Waals surface area (Å²) < 4.78 is 2.06. The molecule has 1 heterocycles. The van der Waals surface area contributed by atoms with Crippen molar-refractivity contribution in [3.8, 4) is 5.75 Å². The number of aryl methyl sites for hydroxylation is 1. The van der Waals surface area contributed by atoms with E-state index in [9.17, 15) is 5.11 Å². The summed E-state index contributed by atoms with van der Waals surface area (Å²) >= 11 is 0. The van der Waals surface area contributed by atoms with Crippen molar-refractivity contribution in [2.75, 3.05) is 0 Å². The Morgan fingerprint density at radius 2 is 2.24 bits per heavy atom. The topological polar surface area (TPSA) is 64.1 Å². The molecule has 1 fully saturated rings. The first-order valence-corrected chi connectivity index (χ1v) is 6.08. The van der Waals surface area contributed by atoms with E-state index in [1.807, 2.05) is 13.1 Å². The van der Waals surface area contributed by atoms with E-state index < -0.39 is 0 Å². The molecular formula is C13H17N3O. The van der Waals surface area contributed by atoms with Crippen molar-refractivity contribution < 1.29 is 5.11 Å². The molecule has 0 aliphatic heterocycles. The average Bonchev–Trinajstić information content (AvgIpc) is 2.84. The lowest BCUT2D eigenvalue weighted by Gasteiger charge is -2.14. The maximum absolute atomic E-state index is 9.52. The molecule has 2 aromatic rings. The van der Waals surface area contributed by atoms with Crippen LogP contribution in [0.5, 0.6) is 5.75 Å². The largest absolute Gasteiger partial charge is 0.508 e. The van der Waals surface area contributed by atoms with Crippen LogP contribution in [-0.4, -0.2) is 20.7 Å². The molecular weight excluding hydrogens is 214 g/mol. The highest BCUT2D eigenvalue weighted by atomic mass is 16.3. The van der Waals surface area contributed by atoms with Crippen LogP contribution in [0.2, 0.25) is 0 Å². The summed E-state index contributed by atoms with van der Waals surface area (Å²) in [4.78, 5) is 4.66. The number of aromatic hydroxyl groups is 1. The molecule has 2 unspecified atom stereocenters. The third kappa shape index (κ3) is 1.60. The molecule has 1 saturated carbocycles. The number of phenols is 1. The molecule has 4 nitrogen and oxygen atoms in total. The summed E-state index contributed by atoms with van der Waals surface area (Å²) in [6.07, 6.45) is 3.38. The van der Waals surface area contributed by atoms with Crippen LogP contribution in [0.15, 0.2) is 18.2 Å². The summed E-state index contributed by atoms with van der Waals surface area (Å²) in [7, 11) is 2.00. The van der Waals surface area contributed by atoms with E-state index >= 15 is 0 Å². The molecule has 0 bridgehead atoms. The van der Waals surface area contributed by atoms with Crippen LogP contribution in [0.25, 0.3) is 11.0 Å². The fraction of sp³-hybridized carbons (Fsp3) is 0.462. The molecule has 1 aliphatic rings. The Labute approximate surface area is 100 Å². The number of phenolic OH excluding ortho intramolecular Hbond substituents is 1. The van der Waals surface area contributed by atoms with Gasteiger partial charge in [0, 0.05) is 25.1 Å². The number of nitrogens with two attached hydrogens (primary N) is 1. The van der Waals surface area contributed by atoms with E-state index in [1.165, 1.54) is 6.42 Å². The molecule has 17 heavy (non-hydrogen) atoms. The molecule has 3 N–H and O–H groups in total. The summed E-state index contributed by atoms with van der Waals surface area (Å²) in [5, 5.41) is 9.52. The predicted molar refractivity (Wildman–Crippen MR) is 66.9 cm³/mol. The monoisotopic (exact) mass is 231 g/mol. The van der Waals surface area contributed by atoms with Crippen molar-refractivity contribution >= 4 is 11.0 Å². The summed E-state index contributed by atoms with van der Waals surface area (Å²) in [5.74, 6) is 1.69. The van der Waals surface area contributed by atoms with Crippen molar-refractivity contribution in [2.24, 2.45) is 12.8 Å². The number of hydrogen-bond acceptors (Lipinski definition) is 3. The van der Waals surface area contributed by atoms with Gasteiger partial charge in [0.25, 0.3) is 0 Å². The smallest absolute Gasteiger partial charge is 0.117 e. The molecule has 4 heteroatoms. The van der Waals surface area contributed by atoms with Crippen molar-refractivity contribution in [2.45, 2.75) is 31.2 Å². The predicted octanol–water partition coefficient (Wildman–Crippen LogP) is 1.87. The van der Waals surface area contributed by atoms with Gasteiger partial charge in [-0.05, 0) is 25.0 Å². The Balaban J connectivity index is 2.14. The normalized spacial score (nSPS) is 24.6. The highest BCUT2D eigenvalue weighted by molar-refractivity contribution is 5.77. The van der Waals surface area contributed by atoms with Crippen molar-refractivity contribution in [1.29, 1.82) is 0 Å². The molecule has 1 aliphatic carbocycles. The average molecular weight is 231 g/mol. The Morgan fingerprint density at radius 3 is 2.94 bits per heavy atom. The molecule has 0 amide bonds. The van der Waals surface area contributed by atoms with Crippen LogP contribution in [0, 0.1) is 0 Å². The quantitative estimate of drug-likeness (QED) is 0.787. The Kier molecular flexibility index (Phi) is 2.33. The number of fused-ring (bicyclic) bond motifs is 1. The lowest BCUT2D eigenvalue weighted by Crippen LogP contribution is -2.24. The van der Waals surface area contributed by atoms with E-state index in [0.717, 1.165) is 29.7 Å². The van der Waals surface area contributed by atoms with Crippen LogP contribution in [0.4, 0.5) is 0 Å². The number of nitrogens with zero attached hydrogens (tertiary/aromatic N) is 2. The molecule has 0 spiro atoms. The number of aromatic nitrogens is 2. The van der Waals surface area contributed by atoms with Gasteiger partial charge in [-0.3, -0.25) is 0 Å². The van der Waals surface area contributed by atoms with Gasteiger partial charge in [-0.25, -0.2) is 4.98 Å². The second kappa shape index (κ2) is 3.74. The number of benzene rings is 1. The molecule has 3 rings (SSSR count).